The first-order chi connectivity index (χ1) is 13.3. The monoisotopic (exact) mass is 392 g/mol. The summed E-state index contributed by atoms with van der Waals surface area (Å²) >= 11 is 0. The van der Waals surface area contributed by atoms with E-state index in [9.17, 15) is 19.6 Å². The Hall–Kier alpha value is -2.41. The Morgan fingerprint density at radius 2 is 1.86 bits per heavy atom. The smallest absolute Gasteiger partial charge is 0.333 e. The Morgan fingerprint density at radius 1 is 1.21 bits per heavy atom. The Kier molecular flexibility index (Phi) is 10.2. The van der Waals surface area contributed by atoms with Gasteiger partial charge in [0.05, 0.1) is 18.6 Å². The van der Waals surface area contributed by atoms with Gasteiger partial charge in [-0.1, -0.05) is 57.5 Å². The molecule has 0 fully saturated rings. The van der Waals surface area contributed by atoms with Gasteiger partial charge in [-0.15, -0.1) is 0 Å². The summed E-state index contributed by atoms with van der Waals surface area (Å²) in [6.07, 6.45) is 1.94. The molecule has 0 heterocycles. The molecule has 0 aromatic heterocycles. The third-order valence-corrected chi connectivity index (χ3v) is 4.50. The number of rotatable bonds is 12. The minimum Gasteiger partial charge on any atom is -0.464 e. The molecular weight excluding hydrogens is 360 g/mol. The van der Waals surface area contributed by atoms with Crippen LogP contribution in [-0.2, 0) is 19.1 Å². The van der Waals surface area contributed by atoms with E-state index in [1.54, 1.807) is 31.2 Å². The number of amides is 2. The van der Waals surface area contributed by atoms with E-state index in [4.69, 9.17) is 4.74 Å². The number of nitrogens with one attached hydrogen (secondary N) is 1. The molecule has 7 nitrogen and oxygen atoms in total. The number of benzene rings is 1. The summed E-state index contributed by atoms with van der Waals surface area (Å²) in [4.78, 5) is 36.7. The van der Waals surface area contributed by atoms with Crippen LogP contribution in [0, 0.1) is 11.8 Å². The predicted octanol–water partition coefficient (Wildman–Crippen LogP) is 3.09. The highest BCUT2D eigenvalue weighted by Gasteiger charge is 2.35. The predicted molar refractivity (Wildman–Crippen MR) is 105 cm³/mol. The molecule has 7 heteroatoms. The third-order valence-electron chi connectivity index (χ3n) is 4.50. The van der Waals surface area contributed by atoms with Crippen molar-refractivity contribution in [1.82, 2.24) is 10.4 Å². The van der Waals surface area contributed by atoms with Gasteiger partial charge in [-0.3, -0.25) is 14.8 Å². The molecule has 2 amide bonds. The van der Waals surface area contributed by atoms with E-state index >= 15 is 0 Å². The van der Waals surface area contributed by atoms with E-state index in [2.05, 4.69) is 5.32 Å². The maximum Gasteiger partial charge on any atom is 0.333 e. The van der Waals surface area contributed by atoms with Crippen LogP contribution in [0.5, 0.6) is 0 Å². The van der Waals surface area contributed by atoms with Gasteiger partial charge in [0.2, 0.25) is 12.3 Å². The highest BCUT2D eigenvalue weighted by molar-refractivity contribution is 5.87. The van der Waals surface area contributed by atoms with Gasteiger partial charge in [-0.2, -0.15) is 0 Å². The van der Waals surface area contributed by atoms with Crippen LogP contribution in [0.3, 0.4) is 0 Å². The maximum atomic E-state index is 13.1. The number of esters is 1. The van der Waals surface area contributed by atoms with Crippen molar-refractivity contribution in [2.24, 2.45) is 11.8 Å². The second-order valence-electron chi connectivity index (χ2n) is 7.18. The fourth-order valence-electron chi connectivity index (χ4n) is 3.24. The molecule has 0 saturated carbocycles. The van der Waals surface area contributed by atoms with Crippen molar-refractivity contribution < 1.29 is 24.3 Å². The Balaban J connectivity index is 3.16. The van der Waals surface area contributed by atoms with Crippen molar-refractivity contribution >= 4 is 18.3 Å². The van der Waals surface area contributed by atoms with E-state index in [-0.39, 0.29) is 12.5 Å². The molecule has 3 atom stereocenters. The van der Waals surface area contributed by atoms with E-state index in [1.165, 1.54) is 0 Å². The van der Waals surface area contributed by atoms with Crippen LogP contribution >= 0.6 is 0 Å². The van der Waals surface area contributed by atoms with Gasteiger partial charge in [0.25, 0.3) is 0 Å². The zero-order valence-electron chi connectivity index (χ0n) is 17.1. The summed E-state index contributed by atoms with van der Waals surface area (Å²) in [5.74, 6) is -1.44. The molecule has 0 aliphatic carbocycles. The number of hydrogen-bond donors (Lipinski definition) is 2. The van der Waals surface area contributed by atoms with E-state index in [0.717, 1.165) is 0 Å². The molecule has 0 radical (unpaired) electrons. The van der Waals surface area contributed by atoms with Crippen LogP contribution < -0.4 is 5.32 Å². The number of hydrogen-bond acceptors (Lipinski definition) is 5. The second-order valence-corrected chi connectivity index (χ2v) is 7.18. The van der Waals surface area contributed by atoms with Crippen LogP contribution in [0.2, 0.25) is 0 Å². The Labute approximate surface area is 167 Å². The minimum absolute atomic E-state index is 0.160. The molecule has 2 N–H and O–H groups in total. The molecule has 156 valence electrons. The van der Waals surface area contributed by atoms with Crippen molar-refractivity contribution in [2.45, 2.75) is 59.0 Å². The molecule has 0 spiro atoms. The largest absolute Gasteiger partial charge is 0.464 e. The number of carbonyl (C=O) groups excluding carboxylic acids is 3. The lowest BCUT2D eigenvalue weighted by Gasteiger charge is -2.32. The van der Waals surface area contributed by atoms with Crippen molar-refractivity contribution in [1.29, 1.82) is 0 Å². The van der Waals surface area contributed by atoms with Crippen molar-refractivity contribution in [3.8, 4) is 0 Å². The van der Waals surface area contributed by atoms with Gasteiger partial charge in [-0.25, -0.2) is 9.86 Å². The highest BCUT2D eigenvalue weighted by atomic mass is 16.5. The van der Waals surface area contributed by atoms with Gasteiger partial charge in [0, 0.05) is 0 Å². The van der Waals surface area contributed by atoms with Crippen LogP contribution in [-0.4, -0.2) is 41.2 Å². The molecule has 0 bridgehead atoms. The lowest BCUT2D eigenvalue weighted by Crippen LogP contribution is -2.48. The molecule has 0 aliphatic rings. The molecule has 1 rings (SSSR count). The summed E-state index contributed by atoms with van der Waals surface area (Å²) in [7, 11) is 0. The van der Waals surface area contributed by atoms with Gasteiger partial charge in [-0.05, 0) is 31.2 Å². The van der Waals surface area contributed by atoms with Crippen molar-refractivity contribution in [3.63, 3.8) is 0 Å². The van der Waals surface area contributed by atoms with Gasteiger partial charge in [0.15, 0.2) is 6.04 Å². The van der Waals surface area contributed by atoms with Crippen LogP contribution in [0.1, 0.15) is 58.6 Å². The number of ether oxygens (including phenoxy) is 1. The lowest BCUT2D eigenvalue weighted by atomic mass is 9.86. The highest BCUT2D eigenvalue weighted by Crippen LogP contribution is 2.24. The molecular formula is C21H32N2O5. The molecule has 0 saturated heterocycles. The summed E-state index contributed by atoms with van der Waals surface area (Å²) in [6, 6.07) is 7.25. The average molecular weight is 392 g/mol. The zero-order chi connectivity index (χ0) is 21.1. The summed E-state index contributed by atoms with van der Waals surface area (Å²) in [5.41, 5.74) is 0.612. The quantitative estimate of drug-likeness (QED) is 0.247. The normalized spacial score (nSPS) is 14.1. The fraction of sp³-hybridized carbons (Fsp3) is 0.571. The second kappa shape index (κ2) is 12.1. The molecule has 1 aromatic carbocycles. The first-order valence-corrected chi connectivity index (χ1v) is 9.80. The summed E-state index contributed by atoms with van der Waals surface area (Å²) in [5, 5.41) is 13.4. The van der Waals surface area contributed by atoms with Crippen LogP contribution in [0.25, 0.3) is 0 Å². The topological polar surface area (TPSA) is 95.9 Å². The van der Waals surface area contributed by atoms with E-state index < -0.39 is 29.9 Å². The summed E-state index contributed by atoms with van der Waals surface area (Å²) < 4.78 is 5.13. The summed E-state index contributed by atoms with van der Waals surface area (Å²) in [6.45, 7) is 7.75. The minimum atomic E-state index is -0.950. The number of nitrogens with zero attached hydrogens (tertiary/aromatic N) is 1. The van der Waals surface area contributed by atoms with Crippen molar-refractivity contribution in [3.05, 3.63) is 35.9 Å². The standard InChI is InChI=1S/C21H32N2O5/c1-5-10-18(23(27)14-24)17(13-15(3)4)20(25)22-19(21(26)28-6-2)16-11-8-7-9-12-16/h7-9,11-12,14-15,17-19,27H,5-6,10,13H2,1-4H3,(H,22,25). The van der Waals surface area contributed by atoms with Gasteiger partial charge in [0.1, 0.15) is 0 Å². The molecule has 28 heavy (non-hydrogen) atoms. The maximum absolute atomic E-state index is 13.1. The van der Waals surface area contributed by atoms with E-state index in [1.807, 2.05) is 26.8 Å². The van der Waals surface area contributed by atoms with E-state index in [0.29, 0.717) is 36.3 Å². The fourth-order valence-corrected chi connectivity index (χ4v) is 3.24. The van der Waals surface area contributed by atoms with Gasteiger partial charge < -0.3 is 10.1 Å². The molecule has 3 unspecified atom stereocenters. The third kappa shape index (κ3) is 6.96. The average Bonchev–Trinajstić information content (AvgIpc) is 2.68. The zero-order valence-corrected chi connectivity index (χ0v) is 17.1. The number of carbonyl (C=O) groups is 3. The van der Waals surface area contributed by atoms with Crippen LogP contribution in [0.15, 0.2) is 30.3 Å². The molecule has 1 aromatic rings. The van der Waals surface area contributed by atoms with Crippen LogP contribution in [0.4, 0.5) is 0 Å². The first-order valence-electron chi connectivity index (χ1n) is 9.80. The SMILES string of the molecule is CCCC(C(CC(C)C)C(=O)NC(C(=O)OCC)c1ccccc1)N(O)C=O. The number of hydroxylamine groups is 2. The first kappa shape index (κ1) is 23.6. The Bertz CT molecular complexity index is 620. The lowest BCUT2D eigenvalue weighted by molar-refractivity contribution is -0.170. The molecule has 0 aliphatic heterocycles. The van der Waals surface area contributed by atoms with Crippen molar-refractivity contribution in [2.75, 3.05) is 6.61 Å². The Morgan fingerprint density at radius 3 is 2.36 bits per heavy atom. The van der Waals surface area contributed by atoms with Gasteiger partial charge >= 0.3 is 5.97 Å².